The second-order valence-electron chi connectivity index (χ2n) is 5.28. The number of unbranched alkanes of at least 4 members (excludes halogenated alkanes) is 8. The van der Waals surface area contributed by atoms with Gasteiger partial charge in [-0.25, -0.2) is 26.3 Å². The summed E-state index contributed by atoms with van der Waals surface area (Å²) in [5, 5.41) is 1.93. The number of nitrogens with zero attached hydrogens (tertiary/aromatic N) is 2. The molecule has 22 heavy (non-hydrogen) atoms. The molecule has 0 bridgehead atoms. The van der Waals surface area contributed by atoms with Gasteiger partial charge in [-0.3, -0.25) is 5.01 Å². The zero-order valence-electron chi connectivity index (χ0n) is 13.2. The molecule has 0 saturated heterocycles. The Morgan fingerprint density at radius 1 is 0.773 bits per heavy atom. The van der Waals surface area contributed by atoms with Crippen molar-refractivity contribution in [1.82, 2.24) is 10.0 Å². The number of hydrogen-bond acceptors (Lipinski definition) is 4. The van der Waals surface area contributed by atoms with Crippen molar-refractivity contribution in [3.8, 4) is 0 Å². The van der Waals surface area contributed by atoms with Crippen molar-refractivity contribution in [2.45, 2.75) is 57.8 Å². The van der Waals surface area contributed by atoms with Gasteiger partial charge < -0.3 is 11.5 Å². The molecule has 0 aromatic heterocycles. The molecule has 0 atom stereocenters. The minimum Gasteiger partial charge on any atom is -0.350 e. The highest BCUT2D eigenvalue weighted by atomic mass is 16.2. The van der Waals surface area contributed by atoms with Crippen LogP contribution in [0.2, 0.25) is 0 Å². The molecule has 4 amide bonds. The van der Waals surface area contributed by atoms with Crippen molar-refractivity contribution >= 4 is 12.1 Å². The summed E-state index contributed by atoms with van der Waals surface area (Å²) in [5.74, 6) is 10.7. The Kier molecular flexibility index (Phi) is 11.8. The first kappa shape index (κ1) is 20.2. The minimum atomic E-state index is -0.662. The third kappa shape index (κ3) is 12.0. The number of urea groups is 2. The molecule has 0 aliphatic heterocycles. The quantitative estimate of drug-likeness (QED) is 0.187. The Morgan fingerprint density at radius 3 is 1.77 bits per heavy atom. The summed E-state index contributed by atoms with van der Waals surface area (Å²) in [7, 11) is 0. The molecular weight excluding hydrogens is 284 g/mol. The van der Waals surface area contributed by atoms with Crippen molar-refractivity contribution in [3.05, 3.63) is 12.3 Å². The molecule has 128 valence electrons. The van der Waals surface area contributed by atoms with Crippen molar-refractivity contribution in [1.29, 1.82) is 0 Å². The van der Waals surface area contributed by atoms with E-state index in [0.717, 1.165) is 48.5 Å². The molecule has 0 fully saturated rings. The molecule has 0 aromatic carbocycles. The molecule has 0 rings (SSSR count). The summed E-state index contributed by atoms with van der Waals surface area (Å²) in [6.45, 7) is 0.519. The third-order valence-corrected chi connectivity index (χ3v) is 3.32. The molecule has 8 heteroatoms. The van der Waals surface area contributed by atoms with Crippen molar-refractivity contribution in [2.75, 3.05) is 6.54 Å². The number of carbonyl (C=O) groups is 2. The Bertz CT molecular complexity index is 348. The third-order valence-electron chi connectivity index (χ3n) is 3.32. The first-order valence-corrected chi connectivity index (χ1v) is 7.77. The lowest BCUT2D eigenvalue weighted by atomic mass is 10.1. The molecule has 0 aliphatic carbocycles. The fraction of sp³-hybridized carbons (Fsp3) is 0.714. The van der Waals surface area contributed by atoms with Gasteiger partial charge in [0, 0.05) is 12.7 Å². The molecule has 0 heterocycles. The van der Waals surface area contributed by atoms with Crippen LogP contribution in [0.1, 0.15) is 57.8 Å². The molecule has 0 saturated carbocycles. The monoisotopic (exact) mass is 314 g/mol. The van der Waals surface area contributed by atoms with Crippen LogP contribution in [0.5, 0.6) is 0 Å². The van der Waals surface area contributed by atoms with Gasteiger partial charge in [0.05, 0.1) is 0 Å². The molecule has 0 unspecified atom stereocenters. The van der Waals surface area contributed by atoms with Crippen LogP contribution in [0.3, 0.4) is 0 Å². The number of nitrogens with two attached hydrogens (primary N) is 4. The van der Waals surface area contributed by atoms with E-state index in [9.17, 15) is 9.59 Å². The maximum Gasteiger partial charge on any atom is 0.333 e. The van der Waals surface area contributed by atoms with Crippen molar-refractivity contribution in [2.24, 2.45) is 23.2 Å². The van der Waals surface area contributed by atoms with Gasteiger partial charge in [-0.1, -0.05) is 44.6 Å². The van der Waals surface area contributed by atoms with Crippen LogP contribution in [0.15, 0.2) is 12.3 Å². The molecule has 0 radical (unpaired) electrons. The summed E-state index contributed by atoms with van der Waals surface area (Å²) in [4.78, 5) is 21.3. The minimum absolute atomic E-state index is 0.519. The number of rotatable bonds is 12. The van der Waals surface area contributed by atoms with Gasteiger partial charge in [-0.05, 0) is 19.3 Å². The summed E-state index contributed by atoms with van der Waals surface area (Å²) >= 11 is 0. The number of amides is 4. The van der Waals surface area contributed by atoms with Gasteiger partial charge in [-0.15, -0.1) is 0 Å². The number of carbonyl (C=O) groups excluding carboxylic acids is 2. The average molecular weight is 314 g/mol. The Labute approximate surface area is 132 Å². The highest BCUT2D eigenvalue weighted by molar-refractivity contribution is 5.72. The second kappa shape index (κ2) is 12.9. The Balaban J connectivity index is 3.27. The zero-order valence-corrected chi connectivity index (χ0v) is 13.2. The summed E-state index contributed by atoms with van der Waals surface area (Å²) < 4.78 is 0. The van der Waals surface area contributed by atoms with Gasteiger partial charge >= 0.3 is 12.1 Å². The van der Waals surface area contributed by atoms with E-state index in [2.05, 4.69) is 0 Å². The van der Waals surface area contributed by atoms with Gasteiger partial charge in [0.15, 0.2) is 0 Å². The fourth-order valence-corrected chi connectivity index (χ4v) is 1.98. The summed E-state index contributed by atoms with van der Waals surface area (Å²) in [5.41, 5.74) is 10.00. The van der Waals surface area contributed by atoms with E-state index >= 15 is 0 Å². The van der Waals surface area contributed by atoms with Crippen molar-refractivity contribution < 1.29 is 9.59 Å². The molecule has 0 spiro atoms. The largest absolute Gasteiger partial charge is 0.350 e. The van der Waals surface area contributed by atoms with Gasteiger partial charge in [0.25, 0.3) is 0 Å². The maximum absolute atomic E-state index is 10.7. The normalized spacial score (nSPS) is 10.8. The highest BCUT2D eigenvalue weighted by Gasteiger charge is 2.02. The van der Waals surface area contributed by atoms with E-state index in [-0.39, 0.29) is 0 Å². The average Bonchev–Trinajstić information content (AvgIpc) is 2.47. The summed E-state index contributed by atoms with van der Waals surface area (Å²) in [6.07, 6.45) is 13.1. The predicted molar refractivity (Wildman–Crippen MR) is 86.8 cm³/mol. The van der Waals surface area contributed by atoms with Crippen LogP contribution < -0.4 is 23.2 Å². The topological polar surface area (TPSA) is 145 Å². The first-order valence-electron chi connectivity index (χ1n) is 7.77. The zero-order chi connectivity index (χ0) is 16.8. The molecule has 8 N–H and O–H groups in total. The summed E-state index contributed by atoms with van der Waals surface area (Å²) in [6, 6.07) is -1.24. The lowest BCUT2D eigenvalue weighted by molar-refractivity contribution is 0.207. The van der Waals surface area contributed by atoms with Crippen molar-refractivity contribution in [3.63, 3.8) is 0 Å². The van der Waals surface area contributed by atoms with E-state index in [1.807, 2.05) is 6.08 Å². The molecular formula is C14H30N6O2. The lowest BCUT2D eigenvalue weighted by Gasteiger charge is -2.12. The lowest BCUT2D eigenvalue weighted by Crippen LogP contribution is -2.41. The van der Waals surface area contributed by atoms with E-state index in [4.69, 9.17) is 23.2 Å². The predicted octanol–water partition coefficient (Wildman–Crippen LogP) is 1.52. The van der Waals surface area contributed by atoms with Gasteiger partial charge in [-0.2, -0.15) is 0 Å². The van der Waals surface area contributed by atoms with E-state index in [1.54, 1.807) is 0 Å². The Morgan fingerprint density at radius 2 is 1.27 bits per heavy atom. The van der Waals surface area contributed by atoms with Crippen LogP contribution in [-0.2, 0) is 0 Å². The smallest absolute Gasteiger partial charge is 0.333 e. The van der Waals surface area contributed by atoms with Crippen LogP contribution in [0.4, 0.5) is 9.59 Å². The molecule has 0 aromatic rings. The standard InChI is InChI=1S/C14H30N6O2/c15-13(21)19(17)11-9-7-5-3-1-2-4-6-8-10-12-20(18)14(16)22/h9,11H,1-8,10,12,17-18H2,(H2,15,21)(H2,16,22). The number of allylic oxidation sites excluding steroid dienone is 1. The van der Waals surface area contributed by atoms with E-state index in [1.165, 1.54) is 25.5 Å². The van der Waals surface area contributed by atoms with Crippen LogP contribution in [0.25, 0.3) is 0 Å². The second-order valence-corrected chi connectivity index (χ2v) is 5.28. The molecule has 8 nitrogen and oxygen atoms in total. The highest BCUT2D eigenvalue weighted by Crippen LogP contribution is 2.10. The number of hydrogen-bond donors (Lipinski definition) is 4. The maximum atomic E-state index is 10.7. The molecule has 0 aliphatic rings. The number of primary amides is 2. The van der Waals surface area contributed by atoms with E-state index in [0.29, 0.717) is 6.54 Å². The first-order chi connectivity index (χ1) is 10.4. The van der Waals surface area contributed by atoms with Gasteiger partial charge in [0.1, 0.15) is 0 Å². The number of hydrazine groups is 2. The SMILES string of the molecule is NC(=O)N(N)C=CCCCCCCCCCCN(N)C(N)=O. The Hall–Kier alpha value is -1.80. The van der Waals surface area contributed by atoms with Crippen LogP contribution in [0, 0.1) is 0 Å². The van der Waals surface area contributed by atoms with Crippen LogP contribution in [-0.4, -0.2) is 28.6 Å². The van der Waals surface area contributed by atoms with E-state index < -0.39 is 12.1 Å². The fourth-order valence-electron chi connectivity index (χ4n) is 1.98. The van der Waals surface area contributed by atoms with Crippen LogP contribution >= 0.6 is 0 Å². The van der Waals surface area contributed by atoms with Gasteiger partial charge in [0.2, 0.25) is 0 Å².